The van der Waals surface area contributed by atoms with Gasteiger partial charge < -0.3 is 20.4 Å². The Kier molecular flexibility index (Phi) is 137. The molecule has 0 heterocycles. The van der Waals surface area contributed by atoms with E-state index < -0.39 is 18.0 Å². The van der Waals surface area contributed by atoms with E-state index in [4.69, 9.17) is 20.4 Å². The maximum Gasteiger partial charge on any atom is 0.167 e. The Labute approximate surface area is 380 Å². The molecule has 0 fully saturated rings. The first-order valence-electron chi connectivity index (χ1n) is 3.72. The second-order valence-corrected chi connectivity index (χ2v) is 2.85. The Bertz CT molecular complexity index is 127. The molecule has 0 unspecified atom stereocenters. The van der Waals surface area contributed by atoms with E-state index >= 15 is 0 Å². The van der Waals surface area contributed by atoms with Crippen LogP contribution in [0.25, 0.3) is 0 Å². The van der Waals surface area contributed by atoms with Gasteiger partial charge in [-0.2, -0.15) is 0 Å². The molecule has 0 saturated heterocycles. The van der Waals surface area contributed by atoms with Crippen molar-refractivity contribution in [3.63, 3.8) is 0 Å². The van der Waals surface area contributed by atoms with Gasteiger partial charge in [0.05, 0.1) is 6.42 Å². The molecule has 98 valence electrons. The van der Waals surface area contributed by atoms with E-state index in [1.165, 1.54) is 0 Å². The molecule has 0 amide bonds. The maximum absolute atomic E-state index is 9.03. The van der Waals surface area contributed by atoms with E-state index in [1.54, 1.807) is 13.8 Å². The largest absolute Gasteiger partial charge is 0.365 e. The second kappa shape index (κ2) is 41.2. The molecule has 0 atom stereocenters. The van der Waals surface area contributed by atoms with E-state index in [-0.39, 0.29) is 340 Å². The van der Waals surface area contributed by atoms with Crippen molar-refractivity contribution in [1.82, 2.24) is 0 Å². The number of rotatable bonds is 4. The van der Waals surface area contributed by atoms with Gasteiger partial charge in [0.25, 0.3) is 0 Å². The van der Waals surface area contributed by atoms with Crippen molar-refractivity contribution >= 4 is 0 Å². The number of aliphatic hydroxyl groups is 4. The van der Waals surface area contributed by atoms with Gasteiger partial charge in [-0.3, -0.25) is 0 Å². The average molecular weight is 1050 g/mol. The third kappa shape index (κ3) is 49.2. The zero-order valence-corrected chi connectivity index (χ0v) is 41.1. The van der Waals surface area contributed by atoms with Crippen LogP contribution in [0.4, 0.5) is 0 Å². The van der Waals surface area contributed by atoms with Gasteiger partial charge in [0.2, 0.25) is 0 Å². The maximum atomic E-state index is 9.03. The molecule has 0 aromatic carbocycles. The van der Waals surface area contributed by atoms with Crippen LogP contribution >= 0.6 is 0 Å². The molecule has 0 rings (SSSR count). The molecule has 0 aliphatic rings. The van der Waals surface area contributed by atoms with E-state index in [2.05, 4.69) is 0 Å². The molecule has 0 aromatic rings. The summed E-state index contributed by atoms with van der Waals surface area (Å²) < 4.78 is 0. The van der Waals surface area contributed by atoms with Crippen molar-refractivity contribution in [2.45, 2.75) is 44.7 Å². The predicted molar refractivity (Wildman–Crippen MR) is 39.5 cm³/mol. The minimum Gasteiger partial charge on any atom is -0.365 e. The zero-order chi connectivity index (χ0) is 9.12. The van der Waals surface area contributed by atoms with Gasteiger partial charge in [0.15, 0.2) is 11.6 Å². The summed E-state index contributed by atoms with van der Waals surface area (Å²) in [5.74, 6) is -3.95. The van der Waals surface area contributed by atoms with Crippen LogP contribution in [-0.2, 0) is 327 Å². The van der Waals surface area contributed by atoms with Crippen LogP contribution in [-0.4, -0.2) is 32.0 Å². The molecule has 21 heavy (non-hydrogen) atoms. The van der Waals surface area contributed by atoms with Crippen LogP contribution in [0.1, 0.15) is 33.1 Å². The Balaban J connectivity index is -0.0000000111. The van der Waals surface area contributed by atoms with Crippen LogP contribution in [0.3, 0.4) is 0 Å². The molecule has 0 aromatic heterocycles. The summed E-state index contributed by atoms with van der Waals surface area (Å²) in [7, 11) is 0. The monoisotopic (exact) mass is 1050 g/mol. The van der Waals surface area contributed by atoms with Crippen LogP contribution in [0.5, 0.6) is 0 Å². The van der Waals surface area contributed by atoms with Gasteiger partial charge >= 0.3 is 0 Å². The van der Waals surface area contributed by atoms with Gasteiger partial charge in [-0.1, -0.05) is 13.8 Å². The average Bonchev–Trinajstić information content (AvgIpc) is 1.86. The van der Waals surface area contributed by atoms with Gasteiger partial charge in [-0.15, -0.1) is 0 Å². The smallest absolute Gasteiger partial charge is 0.167 e. The molecule has 14 heteroatoms. The minimum atomic E-state index is -1.97. The molecule has 4 nitrogen and oxygen atoms in total. The molecule has 0 saturated carbocycles. The van der Waals surface area contributed by atoms with Crippen LogP contribution in [0.2, 0.25) is 0 Å². The standard InChI is InChI=1S/C7H16O4.10Y/c1-3-6(8,9)5-7(10,11)4-2;;;;;;;;;;/h8-11H,3-5H2,1-2H3;;;;;;;;;;. The van der Waals surface area contributed by atoms with Crippen molar-refractivity contribution in [3.05, 3.63) is 0 Å². The summed E-state index contributed by atoms with van der Waals surface area (Å²) in [5.41, 5.74) is 0. The quantitative estimate of drug-likeness (QED) is 0.288. The Morgan fingerprint density at radius 3 is 0.714 bits per heavy atom. The van der Waals surface area contributed by atoms with Crippen molar-refractivity contribution < 1.29 is 348 Å². The van der Waals surface area contributed by atoms with Gasteiger partial charge in [-0.25, -0.2) is 0 Å². The summed E-state index contributed by atoms with van der Waals surface area (Å²) in [6.07, 6.45) is -0.279. The molecular weight excluding hydrogens is 1040 g/mol. The fourth-order valence-electron chi connectivity index (χ4n) is 0.703. The molecule has 0 bridgehead atoms. The molecule has 4 N–H and O–H groups in total. The Morgan fingerprint density at radius 1 is 0.476 bits per heavy atom. The summed E-state index contributed by atoms with van der Waals surface area (Å²) in [4.78, 5) is 0. The van der Waals surface area contributed by atoms with E-state index in [0.717, 1.165) is 0 Å². The summed E-state index contributed by atoms with van der Waals surface area (Å²) >= 11 is 0. The normalized spacial score (nSPS) is 7.14. The third-order valence-electron chi connectivity index (χ3n) is 1.70. The molecule has 0 spiro atoms. The van der Waals surface area contributed by atoms with E-state index in [9.17, 15) is 0 Å². The summed E-state index contributed by atoms with van der Waals surface area (Å²) in [6.45, 7) is 3.12. The Morgan fingerprint density at radius 2 is 0.619 bits per heavy atom. The predicted octanol–water partition coefficient (Wildman–Crippen LogP) is -0.467. The first kappa shape index (κ1) is 69.7. The fourth-order valence-corrected chi connectivity index (χ4v) is 0.703. The molecule has 10 radical (unpaired) electrons. The van der Waals surface area contributed by atoms with Crippen molar-refractivity contribution in [1.29, 1.82) is 0 Å². The van der Waals surface area contributed by atoms with E-state index in [0.29, 0.717) is 0 Å². The third-order valence-corrected chi connectivity index (χ3v) is 1.70. The number of hydrogen-bond donors (Lipinski definition) is 4. The fraction of sp³-hybridized carbons (Fsp3) is 1.00. The van der Waals surface area contributed by atoms with Gasteiger partial charge in [-0.05, 0) is 12.8 Å². The first-order chi connectivity index (χ1) is 4.83. The van der Waals surface area contributed by atoms with E-state index in [1.807, 2.05) is 0 Å². The van der Waals surface area contributed by atoms with Crippen molar-refractivity contribution in [3.8, 4) is 0 Å². The second-order valence-electron chi connectivity index (χ2n) is 2.85. The topological polar surface area (TPSA) is 80.9 Å². The number of hydrogen-bond acceptors (Lipinski definition) is 4. The summed E-state index contributed by atoms with van der Waals surface area (Å²) in [6, 6.07) is 0. The molecule has 0 aliphatic carbocycles. The first-order valence-corrected chi connectivity index (χ1v) is 3.72. The van der Waals surface area contributed by atoms with Crippen molar-refractivity contribution in [2.75, 3.05) is 0 Å². The molecule has 0 aliphatic heterocycles. The minimum absolute atomic E-state index is 0. The van der Waals surface area contributed by atoms with Crippen LogP contribution < -0.4 is 0 Å². The van der Waals surface area contributed by atoms with Gasteiger partial charge in [0, 0.05) is 327 Å². The van der Waals surface area contributed by atoms with Gasteiger partial charge in [0.1, 0.15) is 0 Å². The molecular formula is C7H16O4Y10. The van der Waals surface area contributed by atoms with Crippen molar-refractivity contribution in [2.24, 2.45) is 0 Å². The summed E-state index contributed by atoms with van der Waals surface area (Å²) in [5, 5.41) is 36.1. The zero-order valence-electron chi connectivity index (χ0n) is 12.7. The van der Waals surface area contributed by atoms with Crippen LogP contribution in [0, 0.1) is 0 Å². The van der Waals surface area contributed by atoms with Crippen LogP contribution in [0.15, 0.2) is 0 Å². The Hall–Kier alpha value is 10.9. The SMILES string of the molecule is CCC(O)(O)CC(O)(O)CC.[Y].[Y].[Y].[Y].[Y].[Y].[Y].[Y].[Y].[Y].